The van der Waals surface area contributed by atoms with Crippen molar-refractivity contribution in [1.82, 2.24) is 24.6 Å². The molecule has 1 unspecified atom stereocenters. The first-order valence-corrected chi connectivity index (χ1v) is 16.6. The van der Waals surface area contributed by atoms with Crippen LogP contribution in [0.3, 0.4) is 0 Å². The molecule has 0 bridgehead atoms. The van der Waals surface area contributed by atoms with Crippen LogP contribution in [0.4, 0.5) is 0 Å². The van der Waals surface area contributed by atoms with Crippen LogP contribution in [0, 0.1) is 5.41 Å². The number of nitrogens with zero attached hydrogens (tertiary/aromatic N) is 4. The smallest absolute Gasteiger partial charge is 0.145 e. The fourth-order valence-corrected chi connectivity index (χ4v) is 8.13. The minimum Gasteiger partial charge on any atom is -0.500 e. The number of ether oxygens (including phenoxy) is 4. The van der Waals surface area contributed by atoms with Gasteiger partial charge in [0.2, 0.25) is 0 Å². The highest BCUT2D eigenvalue weighted by atomic mass is 35.5. The van der Waals surface area contributed by atoms with Gasteiger partial charge in [0.25, 0.3) is 0 Å². The summed E-state index contributed by atoms with van der Waals surface area (Å²) in [4.78, 5) is 12.2. The first-order valence-electron chi connectivity index (χ1n) is 15.8. The Bertz CT molecular complexity index is 1960. The number of imidazole rings is 1. The van der Waals surface area contributed by atoms with Gasteiger partial charge in [-0.1, -0.05) is 23.2 Å². The summed E-state index contributed by atoms with van der Waals surface area (Å²) >= 11 is 13.9. The molecule has 1 N–H and O–H groups in total. The normalized spacial score (nSPS) is 22.4. The molecule has 7 rings (SSSR count). The molecule has 0 saturated carbocycles. The third kappa shape index (κ3) is 5.38. The summed E-state index contributed by atoms with van der Waals surface area (Å²) in [5.41, 5.74) is 8.52. The predicted molar refractivity (Wildman–Crippen MR) is 185 cm³/mol. The Morgan fingerprint density at radius 2 is 1.85 bits per heavy atom. The number of hydrogen-bond donors (Lipinski definition) is 1. The van der Waals surface area contributed by atoms with E-state index in [1.807, 2.05) is 36.0 Å². The maximum absolute atomic E-state index is 6.95. The highest BCUT2D eigenvalue weighted by Gasteiger charge is 2.43. The van der Waals surface area contributed by atoms with Gasteiger partial charge in [0.15, 0.2) is 0 Å². The zero-order chi connectivity index (χ0) is 32.9. The van der Waals surface area contributed by atoms with Crippen LogP contribution in [-0.4, -0.2) is 73.9 Å². The van der Waals surface area contributed by atoms with Crippen LogP contribution < -0.4 is 5.32 Å². The summed E-state index contributed by atoms with van der Waals surface area (Å²) in [6, 6.07) is 4.14. The van der Waals surface area contributed by atoms with Crippen molar-refractivity contribution < 1.29 is 18.9 Å². The second kappa shape index (κ2) is 12.6. The van der Waals surface area contributed by atoms with Crippen LogP contribution in [-0.2, 0) is 18.9 Å². The molecular formula is C36H39Cl2N5O4. The Labute approximate surface area is 284 Å². The Morgan fingerprint density at radius 1 is 1.02 bits per heavy atom. The van der Waals surface area contributed by atoms with Gasteiger partial charge in [-0.2, -0.15) is 0 Å². The van der Waals surface area contributed by atoms with Gasteiger partial charge < -0.3 is 29.2 Å². The van der Waals surface area contributed by atoms with Gasteiger partial charge in [-0.15, -0.1) is 0 Å². The van der Waals surface area contributed by atoms with Crippen LogP contribution in [0.1, 0.15) is 43.9 Å². The summed E-state index contributed by atoms with van der Waals surface area (Å²) in [5.74, 6) is 2.05. The second-order valence-electron chi connectivity index (χ2n) is 12.5. The highest BCUT2D eigenvalue weighted by Crippen LogP contribution is 2.44. The van der Waals surface area contributed by atoms with Gasteiger partial charge in [0, 0.05) is 85.7 Å². The predicted octanol–water partition coefficient (Wildman–Crippen LogP) is 7.11. The van der Waals surface area contributed by atoms with Crippen LogP contribution in [0.15, 0.2) is 87.2 Å². The Morgan fingerprint density at radius 3 is 2.57 bits per heavy atom. The number of methoxy groups -OCH3 is 3. The summed E-state index contributed by atoms with van der Waals surface area (Å²) in [7, 11) is 6.93. The number of aromatic nitrogens is 3. The van der Waals surface area contributed by atoms with E-state index in [0.29, 0.717) is 45.6 Å². The van der Waals surface area contributed by atoms with Crippen molar-refractivity contribution in [1.29, 1.82) is 0 Å². The Kier molecular flexibility index (Phi) is 8.49. The molecule has 0 aromatic carbocycles. The van der Waals surface area contributed by atoms with Gasteiger partial charge in [-0.3, -0.25) is 9.38 Å². The molecule has 3 aromatic heterocycles. The molecule has 2 aliphatic heterocycles. The standard InChI is InChI=1S/C36H39Cl2N5O4/c1-21-30(46-5)16-22(15-26(39-2)34(21)42-11-8-36(19-42)9-13-47-20-36)25-17-27-23(18-41-25)14-24(35-40-10-12-43(27)35)31-32(37)28(44-3)6-7-29(45-4)33(31)38/h6,10,12,14-15,17-18,39H,7-9,11,13,16,19-20H2,1-5H3. The highest BCUT2D eigenvalue weighted by molar-refractivity contribution is 6.43. The topological polar surface area (TPSA) is 82.4 Å². The van der Waals surface area contributed by atoms with Crippen molar-refractivity contribution in [3.63, 3.8) is 0 Å². The molecule has 246 valence electrons. The molecule has 0 amide bonds. The summed E-state index contributed by atoms with van der Waals surface area (Å²) in [6.45, 7) is 5.81. The average Bonchev–Trinajstić information content (AvgIpc) is 3.83. The number of rotatable bonds is 7. The van der Waals surface area contributed by atoms with Crippen molar-refractivity contribution in [3.05, 3.63) is 98.4 Å². The van der Waals surface area contributed by atoms with Gasteiger partial charge >= 0.3 is 0 Å². The fourth-order valence-electron chi connectivity index (χ4n) is 7.38. The number of likely N-dealkylation sites (tertiary alicyclic amines) is 1. The molecule has 5 heterocycles. The maximum atomic E-state index is 6.95. The lowest BCUT2D eigenvalue weighted by molar-refractivity contribution is 0.155. The van der Waals surface area contributed by atoms with E-state index < -0.39 is 0 Å². The molecule has 2 saturated heterocycles. The van der Waals surface area contributed by atoms with Gasteiger partial charge in [-0.25, -0.2) is 4.98 Å². The number of likely N-dealkylation sites (N-methyl/N-ethyl adjacent to an activating group) is 1. The van der Waals surface area contributed by atoms with E-state index in [0.717, 1.165) is 83.9 Å². The molecule has 1 spiro atoms. The first kappa shape index (κ1) is 31.7. The van der Waals surface area contributed by atoms with E-state index >= 15 is 0 Å². The molecule has 2 aliphatic carbocycles. The number of halogens is 2. The summed E-state index contributed by atoms with van der Waals surface area (Å²) in [6.07, 6.45) is 13.0. The van der Waals surface area contributed by atoms with Crippen LogP contribution in [0.25, 0.3) is 27.7 Å². The largest absolute Gasteiger partial charge is 0.500 e. The molecular weight excluding hydrogens is 637 g/mol. The second-order valence-corrected chi connectivity index (χ2v) is 13.3. The van der Waals surface area contributed by atoms with Gasteiger partial charge in [0.1, 0.15) is 22.9 Å². The lowest BCUT2D eigenvalue weighted by atomic mass is 9.87. The SMILES string of the molecule is CNC1=C(N2CCC3(CCOC3)C2)C(C)=C(OC)CC(c2cc3c(cn2)cc(C2=C(Cl)C(OC)=CCC(OC)=C2Cl)c2nccn23)=C1. The molecule has 9 nitrogen and oxygen atoms in total. The van der Waals surface area contributed by atoms with Crippen molar-refractivity contribution in [2.45, 2.75) is 32.6 Å². The zero-order valence-electron chi connectivity index (χ0n) is 27.4. The van der Waals surface area contributed by atoms with E-state index in [2.05, 4.69) is 29.3 Å². The number of hydrogen-bond acceptors (Lipinski definition) is 8. The van der Waals surface area contributed by atoms with Gasteiger partial charge in [-0.05, 0) is 49.6 Å². The van der Waals surface area contributed by atoms with E-state index in [1.54, 1.807) is 27.5 Å². The summed E-state index contributed by atoms with van der Waals surface area (Å²) in [5, 5.41) is 5.21. The molecule has 2 fully saturated rings. The van der Waals surface area contributed by atoms with Crippen molar-refractivity contribution in [3.8, 4) is 0 Å². The number of nitrogens with one attached hydrogen (secondary N) is 1. The molecule has 3 aromatic rings. The van der Waals surface area contributed by atoms with E-state index in [4.69, 9.17) is 52.1 Å². The van der Waals surface area contributed by atoms with Crippen LogP contribution in [0.5, 0.6) is 0 Å². The number of fused-ring (bicyclic) bond motifs is 3. The zero-order valence-corrected chi connectivity index (χ0v) is 28.9. The average molecular weight is 677 g/mol. The monoisotopic (exact) mass is 675 g/mol. The summed E-state index contributed by atoms with van der Waals surface area (Å²) < 4.78 is 25.2. The molecule has 1 atom stereocenters. The molecule has 47 heavy (non-hydrogen) atoms. The minimum atomic E-state index is 0.233. The minimum absolute atomic E-state index is 0.233. The number of pyridine rings is 2. The van der Waals surface area contributed by atoms with Crippen molar-refractivity contribution in [2.24, 2.45) is 5.41 Å². The first-order chi connectivity index (χ1) is 22.8. The Balaban J connectivity index is 1.35. The van der Waals surface area contributed by atoms with Gasteiger partial charge in [0.05, 0.1) is 60.6 Å². The fraction of sp³-hybridized carbons (Fsp3) is 0.389. The third-order valence-electron chi connectivity index (χ3n) is 9.94. The third-order valence-corrected chi connectivity index (χ3v) is 10.7. The van der Waals surface area contributed by atoms with Crippen LogP contribution >= 0.6 is 23.2 Å². The lowest BCUT2D eigenvalue weighted by Gasteiger charge is -2.28. The quantitative estimate of drug-likeness (QED) is 0.284. The maximum Gasteiger partial charge on any atom is 0.145 e. The molecule has 0 radical (unpaired) electrons. The van der Waals surface area contributed by atoms with E-state index in [9.17, 15) is 0 Å². The lowest BCUT2D eigenvalue weighted by Crippen LogP contribution is -2.29. The Hall–Kier alpha value is -3.92. The number of allylic oxidation sites excluding steroid dienone is 7. The molecule has 4 aliphatic rings. The van der Waals surface area contributed by atoms with Crippen molar-refractivity contribution >= 4 is 50.9 Å². The van der Waals surface area contributed by atoms with Crippen LogP contribution in [0.2, 0.25) is 0 Å². The van der Waals surface area contributed by atoms with E-state index in [1.165, 1.54) is 5.70 Å². The van der Waals surface area contributed by atoms with Crippen molar-refractivity contribution in [2.75, 3.05) is 54.7 Å². The molecule has 11 heteroatoms. The van der Waals surface area contributed by atoms with E-state index in [-0.39, 0.29) is 5.41 Å².